The molecule has 41 heavy (non-hydrogen) atoms. The van der Waals surface area contributed by atoms with Gasteiger partial charge in [0.2, 0.25) is 0 Å². The second-order valence-corrected chi connectivity index (χ2v) is 12.4. The van der Waals surface area contributed by atoms with Crippen molar-refractivity contribution in [1.29, 1.82) is 10.5 Å². The van der Waals surface area contributed by atoms with E-state index >= 15 is 0 Å². The third kappa shape index (κ3) is 4.50. The number of thioether (sulfide) groups is 1. The molecule has 0 saturated carbocycles. The van der Waals surface area contributed by atoms with Crippen molar-refractivity contribution in [2.45, 2.75) is 38.5 Å². The second-order valence-electron chi connectivity index (χ2n) is 10.2. The molecule has 0 N–H and O–H groups in total. The lowest BCUT2D eigenvalue weighted by Crippen LogP contribution is -3.00. The van der Waals surface area contributed by atoms with Crippen molar-refractivity contribution in [2.24, 2.45) is 7.05 Å². The number of aromatic nitrogens is 2. The standard InChI is InChI=1S/C33H28N5S2.HI/c1-18-20(3)30(21(4)19(2)29(18)22(16-34)17-35)31-23(15-28-37(5)24-11-7-9-13-26(24)39-28)36-33-32(31)40-27-14-10-8-12-25(27)38(33)6;/h7-15,22H,1-6H3;1H/q+1;/p-1. The minimum atomic E-state index is -0.797. The highest BCUT2D eigenvalue weighted by molar-refractivity contribution is 8.03. The van der Waals surface area contributed by atoms with Gasteiger partial charge in [-0.15, -0.1) is 11.3 Å². The van der Waals surface area contributed by atoms with Crippen LogP contribution in [0.4, 0.5) is 5.69 Å². The maximum atomic E-state index is 9.74. The van der Waals surface area contributed by atoms with Crippen molar-refractivity contribution < 1.29 is 28.5 Å². The topological polar surface area (TPSA) is 67.6 Å². The summed E-state index contributed by atoms with van der Waals surface area (Å²) < 4.78 is 3.38. The van der Waals surface area contributed by atoms with E-state index in [1.165, 1.54) is 15.3 Å². The van der Waals surface area contributed by atoms with Crippen LogP contribution in [-0.4, -0.2) is 12.0 Å². The largest absolute Gasteiger partial charge is 1.00 e. The highest BCUT2D eigenvalue weighted by Crippen LogP contribution is 2.49. The number of fused-ring (bicyclic) bond motifs is 3. The minimum Gasteiger partial charge on any atom is -1.00 e. The molecule has 0 unspecified atom stereocenters. The van der Waals surface area contributed by atoms with E-state index in [2.05, 4.69) is 104 Å². The summed E-state index contributed by atoms with van der Waals surface area (Å²) >= 11 is 3.52. The van der Waals surface area contributed by atoms with E-state index in [4.69, 9.17) is 4.98 Å². The number of nitriles is 2. The van der Waals surface area contributed by atoms with Crippen LogP contribution in [0, 0.1) is 50.4 Å². The predicted octanol–water partition coefficient (Wildman–Crippen LogP) is 4.80. The molecule has 0 aliphatic carbocycles. The monoisotopic (exact) mass is 685 g/mol. The number of hydrogen-bond donors (Lipinski definition) is 0. The summed E-state index contributed by atoms with van der Waals surface area (Å²) in [5, 5.41) is 20.6. The van der Waals surface area contributed by atoms with E-state index in [9.17, 15) is 10.5 Å². The van der Waals surface area contributed by atoms with Crippen LogP contribution < -0.4 is 33.4 Å². The Morgan fingerprint density at radius 2 is 1.54 bits per heavy atom. The van der Waals surface area contributed by atoms with E-state index in [1.54, 1.807) is 23.1 Å². The third-order valence-corrected chi connectivity index (χ3v) is 10.5. The Hall–Kier alpha value is -3.44. The zero-order chi connectivity index (χ0) is 28.3. The van der Waals surface area contributed by atoms with E-state index in [0.717, 1.165) is 65.9 Å². The van der Waals surface area contributed by atoms with Crippen LogP contribution >= 0.6 is 23.1 Å². The summed E-state index contributed by atoms with van der Waals surface area (Å²) in [7, 11) is 4.19. The Morgan fingerprint density at radius 1 is 0.902 bits per heavy atom. The highest BCUT2D eigenvalue weighted by atomic mass is 127. The van der Waals surface area contributed by atoms with Crippen molar-refractivity contribution in [3.63, 3.8) is 0 Å². The predicted molar refractivity (Wildman–Crippen MR) is 164 cm³/mol. The summed E-state index contributed by atoms with van der Waals surface area (Å²) in [5.41, 5.74) is 10.5. The molecule has 8 heteroatoms. The third-order valence-electron chi connectivity index (χ3n) is 8.18. The number of halogens is 1. The Labute approximate surface area is 266 Å². The first-order valence-electron chi connectivity index (χ1n) is 13.1. The first-order valence-corrected chi connectivity index (χ1v) is 14.7. The van der Waals surface area contributed by atoms with Gasteiger partial charge in [0.25, 0.3) is 0 Å². The fourth-order valence-corrected chi connectivity index (χ4v) is 8.18. The Morgan fingerprint density at radius 3 is 2.20 bits per heavy atom. The maximum Gasteiger partial charge on any atom is 0.342 e. The molecule has 5 nitrogen and oxygen atoms in total. The number of aryl methyl sites for hydroxylation is 1. The van der Waals surface area contributed by atoms with E-state index in [1.807, 2.05) is 13.8 Å². The summed E-state index contributed by atoms with van der Waals surface area (Å²) in [6.45, 7) is 8.30. The van der Waals surface area contributed by atoms with Gasteiger partial charge >= 0.3 is 5.82 Å². The minimum absolute atomic E-state index is 0. The molecule has 3 aliphatic rings. The summed E-state index contributed by atoms with van der Waals surface area (Å²) in [6, 6.07) is 21.3. The van der Waals surface area contributed by atoms with Gasteiger partial charge in [-0.05, 0) is 90.3 Å². The van der Waals surface area contributed by atoms with Gasteiger partial charge in [0.05, 0.1) is 40.2 Å². The van der Waals surface area contributed by atoms with Gasteiger partial charge in [0, 0.05) is 18.0 Å². The average Bonchev–Trinajstić information content (AvgIpc) is 3.47. The molecule has 204 valence electrons. The highest BCUT2D eigenvalue weighted by Gasteiger charge is 2.35. The summed E-state index contributed by atoms with van der Waals surface area (Å²) in [4.78, 5) is 9.87. The van der Waals surface area contributed by atoms with Crippen LogP contribution in [-0.2, 0) is 7.05 Å². The maximum absolute atomic E-state index is 9.74. The van der Waals surface area contributed by atoms with E-state index in [-0.39, 0.29) is 24.0 Å². The smallest absolute Gasteiger partial charge is 0.342 e. The van der Waals surface area contributed by atoms with Crippen LogP contribution in [0.15, 0.2) is 58.5 Å². The number of anilines is 1. The van der Waals surface area contributed by atoms with Crippen molar-refractivity contribution in [2.75, 3.05) is 11.9 Å². The van der Waals surface area contributed by atoms with Gasteiger partial charge in [-0.25, -0.2) is 4.57 Å². The molecule has 3 aliphatic heterocycles. The second kappa shape index (κ2) is 11.1. The molecule has 0 fully saturated rings. The molecule has 0 radical (unpaired) electrons. The molecule has 0 amide bonds. The van der Waals surface area contributed by atoms with Crippen LogP contribution in [0.3, 0.4) is 0 Å². The molecular formula is C33H28IN5S2. The molecule has 6 rings (SSSR count). The Balaban J connectivity index is 0.00000337. The molecule has 3 aromatic rings. The molecule has 3 heterocycles. The van der Waals surface area contributed by atoms with Gasteiger partial charge in [0.15, 0.2) is 11.6 Å². The lowest BCUT2D eigenvalue weighted by atomic mass is 9.81. The van der Waals surface area contributed by atoms with Crippen molar-refractivity contribution in [3.8, 4) is 34.0 Å². The van der Waals surface area contributed by atoms with E-state index < -0.39 is 5.92 Å². The normalized spacial score (nSPS) is 13.5. The first kappa shape index (κ1) is 29.1. The Kier molecular flexibility index (Phi) is 7.86. The molecule has 0 bridgehead atoms. The molecule has 0 aromatic heterocycles. The fraction of sp³-hybridized carbons (Fsp3) is 0.212. The number of hydrogen-bond acceptors (Lipinski definition) is 6. The fourth-order valence-electron chi connectivity index (χ4n) is 5.83. The molecule has 0 atom stereocenters. The lowest BCUT2D eigenvalue weighted by molar-refractivity contribution is -0.635. The quantitative estimate of drug-likeness (QED) is 0.202. The van der Waals surface area contributed by atoms with Gasteiger partial charge < -0.3 is 28.9 Å². The molecule has 0 saturated heterocycles. The van der Waals surface area contributed by atoms with Crippen molar-refractivity contribution in [3.05, 3.63) is 87.1 Å². The average molecular weight is 686 g/mol. The van der Waals surface area contributed by atoms with Crippen molar-refractivity contribution in [1.82, 2.24) is 4.98 Å². The summed E-state index contributed by atoms with van der Waals surface area (Å²) in [5.74, 6) is 0.146. The van der Waals surface area contributed by atoms with Gasteiger partial charge in [0.1, 0.15) is 10.4 Å². The lowest BCUT2D eigenvalue weighted by Gasteiger charge is -2.21. The van der Waals surface area contributed by atoms with Gasteiger partial charge in [-0.3, -0.25) is 0 Å². The van der Waals surface area contributed by atoms with Crippen LogP contribution in [0.2, 0.25) is 0 Å². The number of rotatable bonds is 3. The van der Waals surface area contributed by atoms with Gasteiger partial charge in [-0.1, -0.05) is 36.0 Å². The zero-order valence-electron chi connectivity index (χ0n) is 23.7. The van der Waals surface area contributed by atoms with Crippen LogP contribution in [0.5, 0.6) is 0 Å². The summed E-state index contributed by atoms with van der Waals surface area (Å²) in [6.07, 6.45) is 2.21. The number of benzene rings is 3. The first-order chi connectivity index (χ1) is 19.3. The SMILES string of the molecule is Cc1c(C)c(C(C#N)C#N)c(C)c(C)c1-c1c(/C=C2\Sc3ccccc3N2C)nc2[n+](C)c3ccccc3sc1-2.[I-]. The van der Waals surface area contributed by atoms with Crippen molar-refractivity contribution >= 4 is 45.1 Å². The van der Waals surface area contributed by atoms with Crippen LogP contribution in [0.1, 0.15) is 39.4 Å². The Bertz CT molecular complexity index is 1900. The molecule has 0 spiro atoms. The van der Waals surface area contributed by atoms with E-state index in [0.29, 0.717) is 0 Å². The number of nitrogens with zero attached hydrogens (tertiary/aromatic N) is 5. The molecule has 3 aromatic carbocycles. The zero-order valence-corrected chi connectivity index (χ0v) is 27.5. The van der Waals surface area contributed by atoms with Gasteiger partial charge in [-0.2, -0.15) is 10.5 Å². The number of para-hydroxylation sites is 2. The molecular weight excluding hydrogens is 657 g/mol. The van der Waals surface area contributed by atoms with Crippen LogP contribution in [0.25, 0.3) is 38.1 Å².